The molecule has 0 fully saturated rings. The van der Waals surface area contributed by atoms with Gasteiger partial charge in [-0.15, -0.1) is 0 Å². The molecule has 84 valence electrons. The summed E-state index contributed by atoms with van der Waals surface area (Å²) in [5.41, 5.74) is 2.56. The number of hydrogen-bond donors (Lipinski definition) is 1. The van der Waals surface area contributed by atoms with Gasteiger partial charge in [-0.2, -0.15) is 0 Å². The van der Waals surface area contributed by atoms with Crippen molar-refractivity contribution >= 4 is 0 Å². The van der Waals surface area contributed by atoms with Crippen LogP contribution in [0.15, 0.2) is 24.3 Å². The van der Waals surface area contributed by atoms with E-state index in [4.69, 9.17) is 0 Å². The monoisotopic (exact) mass is 206 g/mol. The second-order valence-corrected chi connectivity index (χ2v) is 4.29. The summed E-state index contributed by atoms with van der Waals surface area (Å²) in [7, 11) is 0. The van der Waals surface area contributed by atoms with Crippen LogP contribution in [0.25, 0.3) is 0 Å². The third-order valence-corrected chi connectivity index (χ3v) is 2.93. The van der Waals surface area contributed by atoms with Crippen LogP contribution in [0.2, 0.25) is 0 Å². The predicted octanol–water partition coefficient (Wildman–Crippen LogP) is 3.65. The number of aliphatic hydroxyl groups is 1. The highest BCUT2D eigenvalue weighted by Crippen LogP contribution is 2.22. The van der Waals surface area contributed by atoms with Gasteiger partial charge in [-0.3, -0.25) is 0 Å². The van der Waals surface area contributed by atoms with Crippen LogP contribution < -0.4 is 0 Å². The Morgan fingerprint density at radius 2 is 1.80 bits per heavy atom. The Hall–Kier alpha value is -0.820. The van der Waals surface area contributed by atoms with E-state index in [0.717, 1.165) is 6.42 Å². The summed E-state index contributed by atoms with van der Waals surface area (Å²) in [6.45, 7) is 4.57. The third-order valence-electron chi connectivity index (χ3n) is 2.93. The standard InChI is InChI=1S/C14H22O/c1-3-4-5-6-14(11-15)13-9-7-12(2)8-10-13/h7-10,14-15H,3-6,11H2,1-2H3. The smallest absolute Gasteiger partial charge is 0.0499 e. The molecule has 15 heavy (non-hydrogen) atoms. The van der Waals surface area contributed by atoms with Crippen LogP contribution in [-0.2, 0) is 0 Å². The highest BCUT2D eigenvalue weighted by atomic mass is 16.3. The molecule has 0 bridgehead atoms. The molecule has 0 aliphatic heterocycles. The van der Waals surface area contributed by atoms with Gasteiger partial charge in [-0.1, -0.05) is 56.0 Å². The van der Waals surface area contributed by atoms with Crippen LogP contribution in [0.1, 0.15) is 49.7 Å². The Balaban J connectivity index is 2.53. The SMILES string of the molecule is CCCCCC(CO)c1ccc(C)cc1. The molecule has 0 amide bonds. The van der Waals surface area contributed by atoms with Crippen molar-refractivity contribution in [1.82, 2.24) is 0 Å². The molecule has 0 saturated carbocycles. The number of hydrogen-bond acceptors (Lipinski definition) is 1. The first-order valence-electron chi connectivity index (χ1n) is 5.95. The van der Waals surface area contributed by atoms with Crippen molar-refractivity contribution in [3.8, 4) is 0 Å². The first-order valence-corrected chi connectivity index (χ1v) is 5.95. The average molecular weight is 206 g/mol. The van der Waals surface area contributed by atoms with Crippen molar-refractivity contribution in [3.63, 3.8) is 0 Å². The predicted molar refractivity (Wildman–Crippen MR) is 65.1 cm³/mol. The zero-order chi connectivity index (χ0) is 11.1. The molecule has 0 spiro atoms. The van der Waals surface area contributed by atoms with Crippen LogP contribution in [0.3, 0.4) is 0 Å². The first-order chi connectivity index (χ1) is 7.27. The summed E-state index contributed by atoms with van der Waals surface area (Å²) < 4.78 is 0. The van der Waals surface area contributed by atoms with Crippen LogP contribution in [0, 0.1) is 6.92 Å². The number of aliphatic hydroxyl groups excluding tert-OH is 1. The second-order valence-electron chi connectivity index (χ2n) is 4.29. The van der Waals surface area contributed by atoms with Gasteiger partial charge in [0.05, 0.1) is 0 Å². The molecule has 1 unspecified atom stereocenters. The quantitative estimate of drug-likeness (QED) is 0.704. The van der Waals surface area contributed by atoms with Crippen molar-refractivity contribution < 1.29 is 5.11 Å². The summed E-state index contributed by atoms with van der Waals surface area (Å²) in [5, 5.41) is 9.35. The normalized spacial score (nSPS) is 12.7. The summed E-state index contributed by atoms with van der Waals surface area (Å²) >= 11 is 0. The topological polar surface area (TPSA) is 20.2 Å². The van der Waals surface area contributed by atoms with Crippen LogP contribution in [0.5, 0.6) is 0 Å². The van der Waals surface area contributed by atoms with E-state index in [-0.39, 0.29) is 6.61 Å². The van der Waals surface area contributed by atoms with E-state index in [0.29, 0.717) is 5.92 Å². The first kappa shape index (κ1) is 12.3. The van der Waals surface area contributed by atoms with Gasteiger partial charge in [0.25, 0.3) is 0 Å². The number of unbranched alkanes of at least 4 members (excludes halogenated alkanes) is 2. The molecule has 1 nitrogen and oxygen atoms in total. The number of aryl methyl sites for hydroxylation is 1. The highest BCUT2D eigenvalue weighted by molar-refractivity contribution is 5.24. The Morgan fingerprint density at radius 1 is 1.13 bits per heavy atom. The molecule has 1 heteroatoms. The fourth-order valence-electron chi connectivity index (χ4n) is 1.84. The van der Waals surface area contributed by atoms with Gasteiger partial charge in [0.1, 0.15) is 0 Å². The largest absolute Gasteiger partial charge is 0.396 e. The summed E-state index contributed by atoms with van der Waals surface area (Å²) in [4.78, 5) is 0. The van der Waals surface area contributed by atoms with E-state index >= 15 is 0 Å². The van der Waals surface area contributed by atoms with Gasteiger partial charge >= 0.3 is 0 Å². The number of benzene rings is 1. The molecule has 0 saturated heterocycles. The molecule has 0 radical (unpaired) electrons. The third kappa shape index (κ3) is 4.05. The van der Waals surface area contributed by atoms with Crippen molar-refractivity contribution in [2.24, 2.45) is 0 Å². The minimum atomic E-state index is 0.271. The van der Waals surface area contributed by atoms with E-state index in [9.17, 15) is 5.11 Å². The zero-order valence-electron chi connectivity index (χ0n) is 9.87. The van der Waals surface area contributed by atoms with E-state index in [1.165, 1.54) is 30.4 Å². The van der Waals surface area contributed by atoms with Gasteiger partial charge < -0.3 is 5.11 Å². The molecule has 0 aromatic heterocycles. The van der Waals surface area contributed by atoms with Gasteiger partial charge in [-0.05, 0) is 18.9 Å². The maximum atomic E-state index is 9.35. The molecule has 1 aromatic carbocycles. The molecular weight excluding hydrogens is 184 g/mol. The van der Waals surface area contributed by atoms with Gasteiger partial charge in [0.15, 0.2) is 0 Å². The summed E-state index contributed by atoms with van der Waals surface area (Å²) in [5.74, 6) is 0.331. The lowest BCUT2D eigenvalue weighted by molar-refractivity contribution is 0.256. The molecular formula is C14H22O. The Morgan fingerprint density at radius 3 is 2.33 bits per heavy atom. The van der Waals surface area contributed by atoms with Crippen LogP contribution in [-0.4, -0.2) is 11.7 Å². The fraction of sp³-hybridized carbons (Fsp3) is 0.571. The summed E-state index contributed by atoms with van der Waals surface area (Å²) in [6.07, 6.45) is 4.83. The summed E-state index contributed by atoms with van der Waals surface area (Å²) in [6, 6.07) is 8.53. The highest BCUT2D eigenvalue weighted by Gasteiger charge is 2.09. The molecule has 0 aliphatic rings. The molecule has 1 rings (SSSR count). The maximum absolute atomic E-state index is 9.35. The fourth-order valence-corrected chi connectivity index (χ4v) is 1.84. The molecule has 1 aromatic rings. The Kier molecular flexibility index (Phi) is 5.41. The van der Waals surface area contributed by atoms with E-state index in [1.54, 1.807) is 0 Å². The minimum Gasteiger partial charge on any atom is -0.396 e. The minimum absolute atomic E-state index is 0.271. The van der Waals surface area contributed by atoms with Crippen molar-refractivity contribution in [2.45, 2.75) is 45.4 Å². The van der Waals surface area contributed by atoms with Crippen molar-refractivity contribution in [3.05, 3.63) is 35.4 Å². The van der Waals surface area contributed by atoms with Gasteiger partial charge in [-0.25, -0.2) is 0 Å². The van der Waals surface area contributed by atoms with Crippen LogP contribution in [0.4, 0.5) is 0 Å². The molecule has 0 heterocycles. The lowest BCUT2D eigenvalue weighted by Crippen LogP contribution is -2.04. The van der Waals surface area contributed by atoms with E-state index in [1.807, 2.05) is 0 Å². The molecule has 1 atom stereocenters. The molecule has 1 N–H and O–H groups in total. The lowest BCUT2D eigenvalue weighted by atomic mass is 9.93. The molecule has 0 aliphatic carbocycles. The van der Waals surface area contributed by atoms with Gasteiger partial charge in [0, 0.05) is 12.5 Å². The van der Waals surface area contributed by atoms with Gasteiger partial charge in [0.2, 0.25) is 0 Å². The Bertz CT molecular complexity index is 263. The zero-order valence-corrected chi connectivity index (χ0v) is 9.87. The van der Waals surface area contributed by atoms with Crippen LogP contribution >= 0.6 is 0 Å². The number of rotatable bonds is 6. The second kappa shape index (κ2) is 6.62. The van der Waals surface area contributed by atoms with Crippen molar-refractivity contribution in [2.75, 3.05) is 6.61 Å². The maximum Gasteiger partial charge on any atom is 0.0499 e. The van der Waals surface area contributed by atoms with E-state index in [2.05, 4.69) is 38.1 Å². The van der Waals surface area contributed by atoms with Crippen molar-refractivity contribution in [1.29, 1.82) is 0 Å². The average Bonchev–Trinajstić information content (AvgIpc) is 2.26. The lowest BCUT2D eigenvalue weighted by Gasteiger charge is -2.14. The Labute approximate surface area is 93.1 Å². The van der Waals surface area contributed by atoms with E-state index < -0.39 is 0 Å².